The molecule has 0 unspecified atom stereocenters. The molecular weight excluding hydrogens is 342 g/mol. The normalized spacial score (nSPS) is 19.7. The van der Waals surface area contributed by atoms with Gasteiger partial charge in [-0.25, -0.2) is 4.98 Å². The Bertz CT molecular complexity index is 741. The molecule has 3 heterocycles. The first kappa shape index (κ1) is 18.2. The molecule has 0 aliphatic carbocycles. The Balaban J connectivity index is 1.45. The van der Waals surface area contributed by atoms with Crippen LogP contribution in [0.5, 0.6) is 17.4 Å². The number of methoxy groups -OCH3 is 1. The zero-order chi connectivity index (χ0) is 18.5. The number of hydrogen-bond donors (Lipinski definition) is 0. The van der Waals surface area contributed by atoms with Crippen molar-refractivity contribution in [2.24, 2.45) is 0 Å². The van der Waals surface area contributed by atoms with Gasteiger partial charge in [-0.3, -0.25) is 4.98 Å². The number of nitrogens with zero attached hydrogens (tertiary/aromatic N) is 3. The number of rotatable bonds is 5. The average molecular weight is 369 g/mol. The highest BCUT2D eigenvalue weighted by atomic mass is 16.5. The molecule has 1 aromatic heterocycles. The summed E-state index contributed by atoms with van der Waals surface area (Å²) in [5, 5.41) is 0. The summed E-state index contributed by atoms with van der Waals surface area (Å²) in [6, 6.07) is 8.31. The van der Waals surface area contributed by atoms with Gasteiger partial charge in [0.05, 0.1) is 7.11 Å². The number of para-hydroxylation sites is 2. The molecule has 6 heteroatoms. The van der Waals surface area contributed by atoms with Crippen LogP contribution in [0.3, 0.4) is 0 Å². The Morgan fingerprint density at radius 1 is 0.963 bits per heavy atom. The predicted octanol–water partition coefficient (Wildman–Crippen LogP) is 3.64. The van der Waals surface area contributed by atoms with E-state index in [-0.39, 0.29) is 0 Å². The molecule has 2 saturated heterocycles. The van der Waals surface area contributed by atoms with E-state index in [0.29, 0.717) is 29.3 Å². The van der Waals surface area contributed by atoms with E-state index in [0.717, 1.165) is 57.7 Å². The van der Waals surface area contributed by atoms with Gasteiger partial charge in [0.1, 0.15) is 5.69 Å². The van der Waals surface area contributed by atoms with Gasteiger partial charge in [-0.05, 0) is 50.9 Å². The third kappa shape index (κ3) is 4.22. The highest BCUT2D eigenvalue weighted by molar-refractivity contribution is 5.42. The first-order valence-electron chi connectivity index (χ1n) is 9.78. The van der Waals surface area contributed by atoms with Crippen molar-refractivity contribution in [3.63, 3.8) is 0 Å². The lowest BCUT2D eigenvalue weighted by Gasteiger charge is -2.39. The van der Waals surface area contributed by atoms with E-state index in [2.05, 4.69) is 14.9 Å². The summed E-state index contributed by atoms with van der Waals surface area (Å²) < 4.78 is 17.0. The number of piperidine rings is 1. The van der Waals surface area contributed by atoms with Crippen molar-refractivity contribution in [3.05, 3.63) is 42.4 Å². The summed E-state index contributed by atoms with van der Waals surface area (Å²) in [5.74, 6) is 2.33. The molecule has 0 bridgehead atoms. The van der Waals surface area contributed by atoms with Crippen molar-refractivity contribution >= 4 is 0 Å². The molecule has 0 N–H and O–H groups in total. The second-order valence-electron chi connectivity index (χ2n) is 7.15. The summed E-state index contributed by atoms with van der Waals surface area (Å²) in [4.78, 5) is 11.7. The Labute approximate surface area is 160 Å². The highest BCUT2D eigenvalue weighted by Gasteiger charge is 2.29. The number of ether oxygens (including phenoxy) is 3. The fraction of sp³-hybridized carbons (Fsp3) is 0.524. The average Bonchev–Trinajstić information content (AvgIpc) is 2.75. The number of hydrogen-bond acceptors (Lipinski definition) is 6. The second-order valence-corrected chi connectivity index (χ2v) is 7.15. The van der Waals surface area contributed by atoms with Crippen LogP contribution in [0.4, 0.5) is 0 Å². The van der Waals surface area contributed by atoms with Crippen LogP contribution in [-0.4, -0.2) is 54.3 Å². The van der Waals surface area contributed by atoms with Gasteiger partial charge in [-0.15, -0.1) is 0 Å². The maximum absolute atomic E-state index is 6.10. The summed E-state index contributed by atoms with van der Waals surface area (Å²) in [5.41, 5.74) is 0.954. The minimum atomic E-state index is 0.375. The number of likely N-dealkylation sites (tertiary alicyclic amines) is 1. The molecule has 1 aromatic carbocycles. The van der Waals surface area contributed by atoms with Crippen molar-refractivity contribution in [1.29, 1.82) is 0 Å². The Morgan fingerprint density at radius 3 is 2.41 bits per heavy atom. The van der Waals surface area contributed by atoms with Gasteiger partial charge in [-0.1, -0.05) is 12.1 Å². The first-order chi connectivity index (χ1) is 13.3. The monoisotopic (exact) mass is 369 g/mol. The van der Waals surface area contributed by atoms with Gasteiger partial charge in [-0.2, -0.15) is 0 Å². The second kappa shape index (κ2) is 8.67. The van der Waals surface area contributed by atoms with Gasteiger partial charge in [0.25, 0.3) is 0 Å². The lowest BCUT2D eigenvalue weighted by Crippen LogP contribution is -2.43. The van der Waals surface area contributed by atoms with Crippen LogP contribution in [0.15, 0.2) is 36.7 Å². The van der Waals surface area contributed by atoms with Crippen LogP contribution in [0, 0.1) is 0 Å². The zero-order valence-electron chi connectivity index (χ0n) is 15.8. The molecule has 2 aliphatic rings. The van der Waals surface area contributed by atoms with Gasteiger partial charge in [0.15, 0.2) is 11.5 Å². The van der Waals surface area contributed by atoms with E-state index in [1.165, 1.54) is 0 Å². The van der Waals surface area contributed by atoms with Crippen LogP contribution in [0.1, 0.15) is 37.3 Å². The highest BCUT2D eigenvalue weighted by Crippen LogP contribution is 2.37. The van der Waals surface area contributed by atoms with Crippen molar-refractivity contribution < 1.29 is 14.2 Å². The zero-order valence-corrected chi connectivity index (χ0v) is 15.8. The smallest absolute Gasteiger partial charge is 0.241 e. The Hall–Kier alpha value is -2.18. The Morgan fingerprint density at radius 2 is 1.67 bits per heavy atom. The summed E-state index contributed by atoms with van der Waals surface area (Å²) in [7, 11) is 1.64. The van der Waals surface area contributed by atoms with E-state index in [1.807, 2.05) is 24.3 Å². The van der Waals surface area contributed by atoms with Crippen LogP contribution in [0.2, 0.25) is 0 Å². The number of benzene rings is 1. The lowest BCUT2D eigenvalue weighted by atomic mass is 9.91. The largest absolute Gasteiger partial charge is 0.493 e. The summed E-state index contributed by atoms with van der Waals surface area (Å²) in [6.07, 6.45) is 7.91. The minimum Gasteiger partial charge on any atom is -0.493 e. The third-order valence-corrected chi connectivity index (χ3v) is 5.59. The van der Waals surface area contributed by atoms with Crippen molar-refractivity contribution in [2.45, 2.75) is 37.6 Å². The molecule has 6 nitrogen and oxygen atoms in total. The molecule has 4 rings (SSSR count). The van der Waals surface area contributed by atoms with Crippen molar-refractivity contribution in [3.8, 4) is 17.4 Å². The van der Waals surface area contributed by atoms with E-state index in [1.54, 1.807) is 19.5 Å². The SMILES string of the molecule is COc1ccccc1Oc1nccnc1C1CCN(C2CCOCC2)CC1. The topological polar surface area (TPSA) is 56.7 Å². The van der Waals surface area contributed by atoms with Crippen LogP contribution < -0.4 is 9.47 Å². The quantitative estimate of drug-likeness (QED) is 0.802. The molecule has 0 amide bonds. The van der Waals surface area contributed by atoms with E-state index in [4.69, 9.17) is 14.2 Å². The van der Waals surface area contributed by atoms with Crippen LogP contribution >= 0.6 is 0 Å². The van der Waals surface area contributed by atoms with Crippen LogP contribution in [0.25, 0.3) is 0 Å². The number of aromatic nitrogens is 2. The van der Waals surface area contributed by atoms with Gasteiger partial charge < -0.3 is 19.1 Å². The molecule has 0 atom stereocenters. The van der Waals surface area contributed by atoms with E-state index < -0.39 is 0 Å². The fourth-order valence-corrected chi connectivity index (χ4v) is 4.09. The fourth-order valence-electron chi connectivity index (χ4n) is 4.09. The molecular formula is C21H27N3O3. The van der Waals surface area contributed by atoms with E-state index >= 15 is 0 Å². The lowest BCUT2D eigenvalue weighted by molar-refractivity contribution is 0.0249. The molecule has 2 aromatic rings. The van der Waals surface area contributed by atoms with Gasteiger partial charge in [0.2, 0.25) is 5.88 Å². The Kier molecular flexibility index (Phi) is 5.84. The summed E-state index contributed by atoms with van der Waals surface area (Å²) in [6.45, 7) is 3.98. The summed E-state index contributed by atoms with van der Waals surface area (Å²) >= 11 is 0. The maximum atomic E-state index is 6.10. The first-order valence-corrected chi connectivity index (χ1v) is 9.78. The molecule has 2 fully saturated rings. The van der Waals surface area contributed by atoms with Gasteiger partial charge >= 0.3 is 0 Å². The molecule has 0 radical (unpaired) electrons. The predicted molar refractivity (Wildman–Crippen MR) is 102 cm³/mol. The molecule has 2 aliphatic heterocycles. The van der Waals surface area contributed by atoms with Gasteiger partial charge in [0, 0.05) is 37.6 Å². The minimum absolute atomic E-state index is 0.375. The maximum Gasteiger partial charge on any atom is 0.241 e. The van der Waals surface area contributed by atoms with E-state index in [9.17, 15) is 0 Å². The molecule has 144 valence electrons. The van der Waals surface area contributed by atoms with Crippen molar-refractivity contribution in [1.82, 2.24) is 14.9 Å². The third-order valence-electron chi connectivity index (χ3n) is 5.59. The van der Waals surface area contributed by atoms with Crippen molar-refractivity contribution in [2.75, 3.05) is 33.4 Å². The molecule has 0 saturated carbocycles. The standard InChI is InChI=1S/C21H27N3O3/c1-25-18-4-2-3-5-19(18)27-21-20(22-10-11-23-21)16-6-12-24(13-7-16)17-8-14-26-15-9-17/h2-5,10-11,16-17H,6-9,12-15H2,1H3. The molecule has 0 spiro atoms. The molecule has 27 heavy (non-hydrogen) atoms. The van der Waals surface area contributed by atoms with Crippen LogP contribution in [-0.2, 0) is 4.74 Å².